The fourth-order valence-electron chi connectivity index (χ4n) is 2.13. The lowest BCUT2D eigenvalue weighted by atomic mass is 9.89. The maximum Gasteiger partial charge on any atom is 0.126 e. The molecule has 1 heterocycles. The van der Waals surface area contributed by atoms with Gasteiger partial charge in [0.15, 0.2) is 0 Å². The molecular weight excluding hydrogens is 174 g/mol. The molecule has 0 spiro atoms. The summed E-state index contributed by atoms with van der Waals surface area (Å²) in [7, 11) is 0. The fourth-order valence-corrected chi connectivity index (χ4v) is 2.13. The lowest BCUT2D eigenvalue weighted by Gasteiger charge is -2.24. The smallest absolute Gasteiger partial charge is 0.126 e. The Labute approximate surface area is 84.8 Å². The average Bonchev–Trinajstić information content (AvgIpc) is 2.76. The van der Waals surface area contributed by atoms with E-state index in [4.69, 9.17) is 10.2 Å². The number of rotatable bonds is 2. The third kappa shape index (κ3) is 1.75. The van der Waals surface area contributed by atoms with Gasteiger partial charge in [0.25, 0.3) is 0 Å². The van der Waals surface area contributed by atoms with Crippen molar-refractivity contribution >= 4 is 6.08 Å². The van der Waals surface area contributed by atoms with Crippen LogP contribution in [0.1, 0.15) is 38.4 Å². The standard InChI is InChI=1S/C12H17NO/c1-10(9-11-5-4-8-14-11)12(13)6-2-3-7-12/h4-5,8-9H,2-3,6-7,13H2,1H3/b10-9-. The van der Waals surface area contributed by atoms with Gasteiger partial charge in [-0.05, 0) is 43.5 Å². The van der Waals surface area contributed by atoms with E-state index in [0.717, 1.165) is 18.6 Å². The third-order valence-electron chi connectivity index (χ3n) is 3.18. The van der Waals surface area contributed by atoms with Crippen LogP contribution in [0.25, 0.3) is 6.08 Å². The fraction of sp³-hybridized carbons (Fsp3) is 0.500. The van der Waals surface area contributed by atoms with Crippen molar-refractivity contribution in [3.05, 3.63) is 29.7 Å². The molecule has 1 aromatic heterocycles. The molecule has 76 valence electrons. The van der Waals surface area contributed by atoms with Crippen molar-refractivity contribution in [1.29, 1.82) is 0 Å². The van der Waals surface area contributed by atoms with Gasteiger partial charge in [0.05, 0.1) is 6.26 Å². The van der Waals surface area contributed by atoms with E-state index in [1.54, 1.807) is 6.26 Å². The van der Waals surface area contributed by atoms with Crippen LogP contribution in [-0.4, -0.2) is 5.54 Å². The van der Waals surface area contributed by atoms with Crippen LogP contribution in [0.4, 0.5) is 0 Å². The van der Waals surface area contributed by atoms with Crippen molar-refractivity contribution in [2.45, 2.75) is 38.1 Å². The number of hydrogen-bond donors (Lipinski definition) is 1. The van der Waals surface area contributed by atoms with E-state index < -0.39 is 0 Å². The second kappa shape index (κ2) is 3.62. The summed E-state index contributed by atoms with van der Waals surface area (Å²) in [5, 5.41) is 0. The van der Waals surface area contributed by atoms with Gasteiger partial charge in [0.2, 0.25) is 0 Å². The topological polar surface area (TPSA) is 39.2 Å². The van der Waals surface area contributed by atoms with Crippen molar-refractivity contribution in [1.82, 2.24) is 0 Å². The lowest BCUT2D eigenvalue weighted by Crippen LogP contribution is -2.37. The van der Waals surface area contributed by atoms with E-state index in [1.807, 2.05) is 12.1 Å². The van der Waals surface area contributed by atoms with Crippen LogP contribution >= 0.6 is 0 Å². The van der Waals surface area contributed by atoms with Crippen molar-refractivity contribution in [3.8, 4) is 0 Å². The van der Waals surface area contributed by atoms with Crippen molar-refractivity contribution < 1.29 is 4.42 Å². The highest BCUT2D eigenvalue weighted by atomic mass is 16.3. The SMILES string of the molecule is C/C(=C/c1ccco1)C1(N)CCCC1. The lowest BCUT2D eigenvalue weighted by molar-refractivity contribution is 0.514. The molecule has 0 bridgehead atoms. The van der Waals surface area contributed by atoms with Gasteiger partial charge in [-0.1, -0.05) is 12.8 Å². The summed E-state index contributed by atoms with van der Waals surface area (Å²) in [5.41, 5.74) is 7.47. The highest BCUT2D eigenvalue weighted by Crippen LogP contribution is 2.34. The van der Waals surface area contributed by atoms with Crippen LogP contribution in [0.3, 0.4) is 0 Å². The highest BCUT2D eigenvalue weighted by molar-refractivity contribution is 5.50. The summed E-state index contributed by atoms with van der Waals surface area (Å²) < 4.78 is 5.28. The minimum absolute atomic E-state index is 0.0766. The van der Waals surface area contributed by atoms with Gasteiger partial charge in [-0.25, -0.2) is 0 Å². The molecule has 0 aromatic carbocycles. The molecular formula is C12H17NO. The van der Waals surface area contributed by atoms with E-state index in [-0.39, 0.29) is 5.54 Å². The average molecular weight is 191 g/mol. The second-order valence-corrected chi connectivity index (χ2v) is 4.21. The first kappa shape index (κ1) is 9.53. The minimum Gasteiger partial charge on any atom is -0.465 e. The molecule has 2 nitrogen and oxygen atoms in total. The Morgan fingerprint density at radius 2 is 2.21 bits per heavy atom. The zero-order chi connectivity index (χ0) is 10.0. The van der Waals surface area contributed by atoms with E-state index >= 15 is 0 Å². The Balaban J connectivity index is 2.18. The molecule has 1 aliphatic rings. The zero-order valence-electron chi connectivity index (χ0n) is 8.62. The molecule has 0 unspecified atom stereocenters. The van der Waals surface area contributed by atoms with Crippen LogP contribution in [0, 0.1) is 0 Å². The summed E-state index contributed by atoms with van der Waals surface area (Å²) >= 11 is 0. The molecule has 0 amide bonds. The quantitative estimate of drug-likeness (QED) is 0.780. The largest absolute Gasteiger partial charge is 0.465 e. The Kier molecular flexibility index (Phi) is 2.46. The molecule has 1 aliphatic carbocycles. The molecule has 0 radical (unpaired) electrons. The Hall–Kier alpha value is -1.02. The van der Waals surface area contributed by atoms with Gasteiger partial charge in [0.1, 0.15) is 5.76 Å². The molecule has 1 aromatic rings. The Bertz CT molecular complexity index is 318. The second-order valence-electron chi connectivity index (χ2n) is 4.21. The first-order valence-corrected chi connectivity index (χ1v) is 5.22. The summed E-state index contributed by atoms with van der Waals surface area (Å²) in [6.45, 7) is 2.10. The van der Waals surface area contributed by atoms with Gasteiger partial charge < -0.3 is 10.2 Å². The molecule has 1 saturated carbocycles. The van der Waals surface area contributed by atoms with Gasteiger partial charge in [-0.15, -0.1) is 0 Å². The van der Waals surface area contributed by atoms with Gasteiger partial charge in [-0.3, -0.25) is 0 Å². The molecule has 2 N–H and O–H groups in total. The first-order chi connectivity index (χ1) is 6.71. The Morgan fingerprint density at radius 1 is 1.50 bits per heavy atom. The van der Waals surface area contributed by atoms with Gasteiger partial charge >= 0.3 is 0 Å². The van der Waals surface area contributed by atoms with Gasteiger partial charge in [0, 0.05) is 5.54 Å². The predicted octanol–water partition coefficient (Wildman–Crippen LogP) is 2.95. The van der Waals surface area contributed by atoms with Gasteiger partial charge in [-0.2, -0.15) is 0 Å². The highest BCUT2D eigenvalue weighted by Gasteiger charge is 2.30. The monoisotopic (exact) mass is 191 g/mol. The van der Waals surface area contributed by atoms with Crippen molar-refractivity contribution in [3.63, 3.8) is 0 Å². The maximum atomic E-state index is 6.31. The normalized spacial score (nSPS) is 21.4. The van der Waals surface area contributed by atoms with Crippen LogP contribution in [0.5, 0.6) is 0 Å². The maximum absolute atomic E-state index is 6.31. The van der Waals surface area contributed by atoms with Crippen molar-refractivity contribution in [2.24, 2.45) is 5.73 Å². The van der Waals surface area contributed by atoms with Crippen LogP contribution in [-0.2, 0) is 0 Å². The molecule has 2 rings (SSSR count). The van der Waals surface area contributed by atoms with E-state index in [1.165, 1.54) is 18.4 Å². The number of hydrogen-bond acceptors (Lipinski definition) is 2. The Morgan fingerprint density at radius 3 is 2.79 bits per heavy atom. The molecule has 2 heteroatoms. The number of furan rings is 1. The molecule has 14 heavy (non-hydrogen) atoms. The summed E-state index contributed by atoms with van der Waals surface area (Å²) in [6.07, 6.45) is 8.47. The minimum atomic E-state index is -0.0766. The molecule has 0 saturated heterocycles. The van der Waals surface area contributed by atoms with Crippen LogP contribution < -0.4 is 5.73 Å². The van der Waals surface area contributed by atoms with E-state index in [2.05, 4.69) is 13.0 Å². The summed E-state index contributed by atoms with van der Waals surface area (Å²) in [4.78, 5) is 0. The predicted molar refractivity (Wildman–Crippen MR) is 57.7 cm³/mol. The molecule has 0 atom stereocenters. The number of nitrogens with two attached hydrogens (primary N) is 1. The zero-order valence-corrected chi connectivity index (χ0v) is 8.62. The van der Waals surface area contributed by atoms with Crippen LogP contribution in [0.15, 0.2) is 28.4 Å². The molecule has 0 aliphatic heterocycles. The van der Waals surface area contributed by atoms with Crippen molar-refractivity contribution in [2.75, 3.05) is 0 Å². The van der Waals surface area contributed by atoms with E-state index in [9.17, 15) is 0 Å². The summed E-state index contributed by atoms with van der Waals surface area (Å²) in [6, 6.07) is 3.86. The van der Waals surface area contributed by atoms with E-state index in [0.29, 0.717) is 0 Å². The first-order valence-electron chi connectivity index (χ1n) is 5.22. The summed E-state index contributed by atoms with van der Waals surface area (Å²) in [5.74, 6) is 0.902. The van der Waals surface area contributed by atoms with Crippen LogP contribution in [0.2, 0.25) is 0 Å². The molecule has 1 fully saturated rings. The third-order valence-corrected chi connectivity index (χ3v) is 3.18.